The maximum absolute atomic E-state index is 10.9. The average molecular weight is 335 g/mol. The van der Waals surface area contributed by atoms with Gasteiger partial charge in [0.05, 0.1) is 12.2 Å². The number of rotatable bonds is 3. The molecule has 0 radical (unpaired) electrons. The number of aliphatic hydroxyl groups is 1. The number of benzene rings is 1. The van der Waals surface area contributed by atoms with Crippen molar-refractivity contribution in [3.8, 4) is 0 Å². The summed E-state index contributed by atoms with van der Waals surface area (Å²) in [7, 11) is 0. The number of ether oxygens (including phenoxy) is 1. The van der Waals surface area contributed by atoms with Crippen molar-refractivity contribution in [3.05, 3.63) is 33.3 Å². The summed E-state index contributed by atoms with van der Waals surface area (Å²) in [6.07, 6.45) is 0.739. The molecule has 3 N–H and O–H groups in total. The average Bonchev–Trinajstić information content (AvgIpc) is 2.78. The zero-order valence-corrected chi connectivity index (χ0v) is 12.6. The van der Waals surface area contributed by atoms with Gasteiger partial charge in [0.2, 0.25) is 0 Å². The molecule has 0 bridgehead atoms. The van der Waals surface area contributed by atoms with Gasteiger partial charge in [-0.1, -0.05) is 33.6 Å². The van der Waals surface area contributed by atoms with Crippen LogP contribution < -0.4 is 5.73 Å². The van der Waals surface area contributed by atoms with Crippen LogP contribution in [-0.2, 0) is 10.3 Å². The van der Waals surface area contributed by atoms with Crippen LogP contribution in [0.1, 0.15) is 18.9 Å². The molecule has 1 saturated heterocycles. The predicted molar refractivity (Wildman–Crippen MR) is 75.6 cm³/mol. The first-order chi connectivity index (χ1) is 8.43. The minimum atomic E-state index is -1.10. The summed E-state index contributed by atoms with van der Waals surface area (Å²) in [5.74, 6) is 0. The lowest BCUT2D eigenvalue weighted by Gasteiger charge is -2.41. The minimum absolute atomic E-state index is 0.367. The lowest BCUT2D eigenvalue weighted by atomic mass is 9.68. The van der Waals surface area contributed by atoms with Crippen molar-refractivity contribution in [1.82, 2.24) is 0 Å². The van der Waals surface area contributed by atoms with Gasteiger partial charge in [-0.2, -0.15) is 0 Å². The van der Waals surface area contributed by atoms with Crippen molar-refractivity contribution in [2.45, 2.75) is 18.9 Å². The standard InChI is InChI=1S/C13H17BrClNO2/c1-12(17,13(7-16)4-5-18-8-13)10-3-2-9(14)6-11(10)15/h2-3,6,17H,4-5,7-8,16H2,1H3. The van der Waals surface area contributed by atoms with Crippen LogP contribution in [0.15, 0.2) is 22.7 Å². The summed E-state index contributed by atoms with van der Waals surface area (Å²) in [4.78, 5) is 0. The SMILES string of the molecule is CC(O)(c1ccc(Br)cc1Cl)C1(CN)CCOC1. The van der Waals surface area contributed by atoms with Gasteiger partial charge in [0.15, 0.2) is 0 Å². The van der Waals surface area contributed by atoms with Crippen molar-refractivity contribution >= 4 is 27.5 Å². The Kier molecular flexibility index (Phi) is 4.04. The van der Waals surface area contributed by atoms with Gasteiger partial charge < -0.3 is 15.6 Å². The molecule has 100 valence electrons. The van der Waals surface area contributed by atoms with E-state index in [-0.39, 0.29) is 0 Å². The van der Waals surface area contributed by atoms with Gasteiger partial charge in [0.25, 0.3) is 0 Å². The smallest absolute Gasteiger partial charge is 0.0973 e. The topological polar surface area (TPSA) is 55.5 Å². The molecule has 2 rings (SSSR count). The molecule has 0 saturated carbocycles. The normalized spacial score (nSPS) is 27.2. The fourth-order valence-electron chi connectivity index (χ4n) is 2.52. The highest BCUT2D eigenvalue weighted by Gasteiger charge is 2.50. The molecule has 1 aliphatic heterocycles. The summed E-state index contributed by atoms with van der Waals surface area (Å²) in [6.45, 7) is 3.22. The van der Waals surface area contributed by atoms with E-state index in [2.05, 4.69) is 15.9 Å². The highest BCUT2D eigenvalue weighted by atomic mass is 79.9. The summed E-state index contributed by atoms with van der Waals surface area (Å²) in [6, 6.07) is 5.49. The Bertz CT molecular complexity index is 445. The van der Waals surface area contributed by atoms with Gasteiger partial charge >= 0.3 is 0 Å². The van der Waals surface area contributed by atoms with Crippen LogP contribution in [0.2, 0.25) is 5.02 Å². The van der Waals surface area contributed by atoms with Crippen LogP contribution >= 0.6 is 27.5 Å². The molecule has 1 aliphatic rings. The molecule has 2 atom stereocenters. The van der Waals surface area contributed by atoms with Crippen LogP contribution in [0.3, 0.4) is 0 Å². The van der Waals surface area contributed by atoms with E-state index in [1.807, 2.05) is 12.1 Å². The first-order valence-electron chi connectivity index (χ1n) is 5.89. The predicted octanol–water partition coefficient (Wildman–Crippen LogP) is 2.68. The van der Waals surface area contributed by atoms with Gasteiger partial charge in [0, 0.05) is 33.6 Å². The van der Waals surface area contributed by atoms with Crippen LogP contribution in [0.5, 0.6) is 0 Å². The second-order valence-corrected chi connectivity index (χ2v) is 6.31. The second kappa shape index (κ2) is 5.10. The Labute approximate surface area is 120 Å². The fraction of sp³-hybridized carbons (Fsp3) is 0.538. The van der Waals surface area contributed by atoms with Crippen LogP contribution in [0.25, 0.3) is 0 Å². The zero-order valence-electron chi connectivity index (χ0n) is 10.2. The van der Waals surface area contributed by atoms with Crippen LogP contribution in [0, 0.1) is 5.41 Å². The minimum Gasteiger partial charge on any atom is -0.385 e. The molecule has 2 unspecified atom stereocenters. The number of nitrogens with two attached hydrogens (primary N) is 1. The molecule has 1 heterocycles. The van der Waals surface area contributed by atoms with Crippen molar-refractivity contribution in [2.75, 3.05) is 19.8 Å². The lowest BCUT2D eigenvalue weighted by Crippen LogP contribution is -2.49. The maximum atomic E-state index is 10.9. The quantitative estimate of drug-likeness (QED) is 0.893. The molecule has 0 spiro atoms. The van der Waals surface area contributed by atoms with E-state index in [9.17, 15) is 5.11 Å². The monoisotopic (exact) mass is 333 g/mol. The molecule has 0 amide bonds. The van der Waals surface area contributed by atoms with Gasteiger partial charge in [-0.3, -0.25) is 0 Å². The van der Waals surface area contributed by atoms with Crippen molar-refractivity contribution < 1.29 is 9.84 Å². The number of hydrogen-bond donors (Lipinski definition) is 2. The van der Waals surface area contributed by atoms with Crippen molar-refractivity contribution in [2.24, 2.45) is 11.1 Å². The fourth-order valence-corrected chi connectivity index (χ4v) is 3.38. The van der Waals surface area contributed by atoms with E-state index >= 15 is 0 Å². The van der Waals surface area contributed by atoms with E-state index in [1.165, 1.54) is 0 Å². The molecule has 1 aromatic rings. The Morgan fingerprint density at radius 2 is 2.33 bits per heavy atom. The summed E-state index contributed by atoms with van der Waals surface area (Å²) in [5, 5.41) is 11.5. The van der Waals surface area contributed by atoms with E-state index in [0.717, 1.165) is 10.9 Å². The summed E-state index contributed by atoms with van der Waals surface area (Å²) in [5.41, 5.74) is 5.01. The summed E-state index contributed by atoms with van der Waals surface area (Å²) < 4.78 is 6.32. The number of halogens is 2. The number of hydrogen-bond acceptors (Lipinski definition) is 3. The molecule has 1 aromatic carbocycles. The first-order valence-corrected chi connectivity index (χ1v) is 7.06. The highest BCUT2D eigenvalue weighted by molar-refractivity contribution is 9.10. The third-order valence-electron chi connectivity index (χ3n) is 3.98. The maximum Gasteiger partial charge on any atom is 0.0973 e. The molecular formula is C13H17BrClNO2. The molecule has 1 fully saturated rings. The van der Waals surface area contributed by atoms with E-state index < -0.39 is 11.0 Å². The third-order valence-corrected chi connectivity index (χ3v) is 4.79. The van der Waals surface area contributed by atoms with Crippen molar-refractivity contribution in [3.63, 3.8) is 0 Å². The molecule has 18 heavy (non-hydrogen) atoms. The van der Waals surface area contributed by atoms with Crippen molar-refractivity contribution in [1.29, 1.82) is 0 Å². The van der Waals surface area contributed by atoms with Crippen LogP contribution in [-0.4, -0.2) is 24.9 Å². The largest absolute Gasteiger partial charge is 0.385 e. The Morgan fingerprint density at radius 1 is 1.61 bits per heavy atom. The lowest BCUT2D eigenvalue weighted by molar-refractivity contribution is -0.0746. The first kappa shape index (κ1) is 14.3. The van der Waals surface area contributed by atoms with Gasteiger partial charge in [0.1, 0.15) is 0 Å². The molecule has 0 aliphatic carbocycles. The van der Waals surface area contributed by atoms with Crippen LogP contribution in [0.4, 0.5) is 0 Å². The Morgan fingerprint density at radius 3 is 2.83 bits per heavy atom. The molecular weight excluding hydrogens is 318 g/mol. The van der Waals surface area contributed by atoms with E-state index in [0.29, 0.717) is 30.3 Å². The van der Waals surface area contributed by atoms with E-state index in [4.69, 9.17) is 22.1 Å². The second-order valence-electron chi connectivity index (χ2n) is 4.98. The Balaban J connectivity index is 2.46. The van der Waals surface area contributed by atoms with Gasteiger partial charge in [-0.15, -0.1) is 0 Å². The third kappa shape index (κ3) is 2.21. The molecule has 0 aromatic heterocycles. The molecule has 3 nitrogen and oxygen atoms in total. The highest BCUT2D eigenvalue weighted by Crippen LogP contribution is 2.47. The van der Waals surface area contributed by atoms with Gasteiger partial charge in [-0.25, -0.2) is 0 Å². The van der Waals surface area contributed by atoms with E-state index in [1.54, 1.807) is 13.0 Å². The Hall–Kier alpha value is -0.130. The zero-order chi connectivity index (χ0) is 13.4. The summed E-state index contributed by atoms with van der Waals surface area (Å²) >= 11 is 9.60. The molecule has 5 heteroatoms. The van der Waals surface area contributed by atoms with Gasteiger partial charge in [-0.05, 0) is 25.5 Å².